The van der Waals surface area contributed by atoms with E-state index in [0.29, 0.717) is 5.69 Å². The minimum atomic E-state index is -0.314. The van der Waals surface area contributed by atoms with Crippen LogP contribution in [0.3, 0.4) is 0 Å². The summed E-state index contributed by atoms with van der Waals surface area (Å²) in [4.78, 5) is 1.29. The summed E-state index contributed by atoms with van der Waals surface area (Å²) >= 11 is 5.13. The van der Waals surface area contributed by atoms with Crippen molar-refractivity contribution in [1.82, 2.24) is 0 Å². The molecule has 0 aliphatic heterocycles. The highest BCUT2D eigenvalue weighted by Crippen LogP contribution is 2.22. The summed E-state index contributed by atoms with van der Waals surface area (Å²) < 4.78 is 14.2. The lowest BCUT2D eigenvalue weighted by Gasteiger charge is -2.06. The van der Waals surface area contributed by atoms with Crippen molar-refractivity contribution in [2.45, 2.75) is 6.42 Å². The van der Waals surface area contributed by atoms with Crippen molar-refractivity contribution in [3.05, 3.63) is 44.8 Å². The number of anilines is 2. The maximum absolute atomic E-state index is 13.1. The van der Waals surface area contributed by atoms with Gasteiger partial charge in [0.25, 0.3) is 0 Å². The second-order valence-electron chi connectivity index (χ2n) is 3.66. The fraction of sp³-hybridized carbons (Fsp3) is 0.167. The van der Waals surface area contributed by atoms with Gasteiger partial charge in [0.15, 0.2) is 0 Å². The van der Waals surface area contributed by atoms with E-state index in [1.807, 2.05) is 6.07 Å². The highest BCUT2D eigenvalue weighted by molar-refractivity contribution is 9.11. The Morgan fingerprint density at radius 1 is 1.29 bits per heavy atom. The van der Waals surface area contributed by atoms with Crippen LogP contribution in [0.1, 0.15) is 4.88 Å². The molecule has 0 aliphatic carbocycles. The third-order valence-electron chi connectivity index (χ3n) is 2.25. The normalized spacial score (nSPS) is 10.5. The van der Waals surface area contributed by atoms with E-state index in [9.17, 15) is 4.39 Å². The minimum Gasteiger partial charge on any atom is -0.399 e. The number of rotatable bonds is 4. The number of nitrogen functional groups attached to an aromatic ring is 1. The average Bonchev–Trinajstić information content (AvgIpc) is 2.63. The highest BCUT2D eigenvalue weighted by atomic mass is 79.9. The SMILES string of the molecule is Nc1cc(F)cc(NCCc2ccc(Br)s2)c1. The van der Waals surface area contributed by atoms with Gasteiger partial charge in [0.2, 0.25) is 0 Å². The Morgan fingerprint density at radius 3 is 2.76 bits per heavy atom. The molecule has 0 amide bonds. The van der Waals surface area contributed by atoms with Crippen molar-refractivity contribution < 1.29 is 4.39 Å². The van der Waals surface area contributed by atoms with E-state index in [0.717, 1.165) is 22.4 Å². The van der Waals surface area contributed by atoms with E-state index in [-0.39, 0.29) is 5.82 Å². The highest BCUT2D eigenvalue weighted by Gasteiger charge is 2.00. The molecular formula is C12H12BrFN2S. The molecule has 0 saturated carbocycles. The fourth-order valence-electron chi connectivity index (χ4n) is 1.53. The quantitative estimate of drug-likeness (QED) is 0.840. The summed E-state index contributed by atoms with van der Waals surface area (Å²) in [6.07, 6.45) is 0.909. The molecule has 0 fully saturated rings. The van der Waals surface area contributed by atoms with Gasteiger partial charge in [0.05, 0.1) is 3.79 Å². The Bertz CT molecular complexity index is 493. The number of hydrogen-bond donors (Lipinski definition) is 2. The van der Waals surface area contributed by atoms with E-state index >= 15 is 0 Å². The number of nitrogens with two attached hydrogens (primary N) is 1. The van der Waals surface area contributed by atoms with E-state index in [4.69, 9.17) is 5.73 Å². The van der Waals surface area contributed by atoms with Crippen molar-refractivity contribution in [3.8, 4) is 0 Å². The molecule has 0 saturated heterocycles. The minimum absolute atomic E-state index is 0.314. The Kier molecular flexibility index (Phi) is 4.02. The Hall–Kier alpha value is -1.07. The van der Waals surface area contributed by atoms with Crippen LogP contribution in [0.2, 0.25) is 0 Å². The lowest BCUT2D eigenvalue weighted by molar-refractivity contribution is 0.629. The maximum Gasteiger partial charge on any atom is 0.127 e. The molecule has 2 rings (SSSR count). The molecule has 17 heavy (non-hydrogen) atoms. The number of hydrogen-bond acceptors (Lipinski definition) is 3. The van der Waals surface area contributed by atoms with Crippen LogP contribution < -0.4 is 11.1 Å². The molecule has 90 valence electrons. The summed E-state index contributed by atoms with van der Waals surface area (Å²) in [7, 11) is 0. The number of benzene rings is 1. The third-order valence-corrected chi connectivity index (χ3v) is 3.93. The standard InChI is InChI=1S/C12H12BrFN2S/c13-12-2-1-11(17-12)3-4-16-10-6-8(14)5-9(15)7-10/h1-2,5-7,16H,3-4,15H2. The number of halogens is 2. The van der Waals surface area contributed by atoms with Gasteiger partial charge in [-0.05, 0) is 52.7 Å². The molecule has 1 heterocycles. The summed E-state index contributed by atoms with van der Waals surface area (Å²) in [5.41, 5.74) is 6.72. The van der Waals surface area contributed by atoms with Crippen molar-refractivity contribution in [3.63, 3.8) is 0 Å². The first-order chi connectivity index (χ1) is 8.13. The van der Waals surface area contributed by atoms with E-state index in [2.05, 4.69) is 27.3 Å². The average molecular weight is 315 g/mol. The van der Waals surface area contributed by atoms with Crippen LogP contribution in [0.15, 0.2) is 34.1 Å². The van der Waals surface area contributed by atoms with Crippen LogP contribution in [-0.4, -0.2) is 6.54 Å². The zero-order chi connectivity index (χ0) is 12.3. The predicted molar refractivity (Wildman–Crippen MR) is 75.0 cm³/mol. The lowest BCUT2D eigenvalue weighted by atomic mass is 10.2. The molecule has 0 radical (unpaired) electrons. The molecular weight excluding hydrogens is 303 g/mol. The second-order valence-corrected chi connectivity index (χ2v) is 6.20. The van der Waals surface area contributed by atoms with Gasteiger partial charge in [-0.25, -0.2) is 4.39 Å². The van der Waals surface area contributed by atoms with Gasteiger partial charge in [-0.15, -0.1) is 11.3 Å². The lowest BCUT2D eigenvalue weighted by Crippen LogP contribution is -2.04. The molecule has 3 N–H and O–H groups in total. The number of thiophene rings is 1. The van der Waals surface area contributed by atoms with Crippen LogP contribution in [0.4, 0.5) is 15.8 Å². The molecule has 0 atom stereocenters. The first-order valence-electron chi connectivity index (χ1n) is 5.17. The van der Waals surface area contributed by atoms with Crippen LogP contribution >= 0.6 is 27.3 Å². The predicted octanol–water partition coefficient (Wildman–Crippen LogP) is 3.89. The molecule has 1 aromatic heterocycles. The first kappa shape index (κ1) is 12.4. The van der Waals surface area contributed by atoms with Crippen molar-refractivity contribution in [2.24, 2.45) is 0 Å². The smallest absolute Gasteiger partial charge is 0.127 e. The largest absolute Gasteiger partial charge is 0.399 e. The van der Waals surface area contributed by atoms with Crippen molar-refractivity contribution >= 4 is 38.6 Å². The van der Waals surface area contributed by atoms with Crippen molar-refractivity contribution in [1.29, 1.82) is 0 Å². The topological polar surface area (TPSA) is 38.0 Å². The summed E-state index contributed by atoms with van der Waals surface area (Å²) in [5.74, 6) is -0.314. The van der Waals surface area contributed by atoms with Gasteiger partial charge < -0.3 is 11.1 Å². The first-order valence-corrected chi connectivity index (χ1v) is 6.78. The van der Waals surface area contributed by atoms with Gasteiger partial charge in [-0.3, -0.25) is 0 Å². The van der Waals surface area contributed by atoms with E-state index < -0.39 is 0 Å². The van der Waals surface area contributed by atoms with E-state index in [1.165, 1.54) is 17.0 Å². The van der Waals surface area contributed by atoms with E-state index in [1.54, 1.807) is 17.4 Å². The zero-order valence-electron chi connectivity index (χ0n) is 9.04. The summed E-state index contributed by atoms with van der Waals surface area (Å²) in [5, 5.41) is 3.16. The molecule has 5 heteroatoms. The zero-order valence-corrected chi connectivity index (χ0v) is 11.4. The van der Waals surface area contributed by atoms with Crippen LogP contribution in [0.25, 0.3) is 0 Å². The van der Waals surface area contributed by atoms with Crippen LogP contribution in [0.5, 0.6) is 0 Å². The molecule has 0 unspecified atom stereocenters. The molecule has 2 aromatic rings. The van der Waals surface area contributed by atoms with Crippen LogP contribution in [-0.2, 0) is 6.42 Å². The Balaban J connectivity index is 1.89. The van der Waals surface area contributed by atoms with Gasteiger partial charge in [0.1, 0.15) is 5.82 Å². The molecule has 0 bridgehead atoms. The summed E-state index contributed by atoms with van der Waals surface area (Å²) in [6, 6.07) is 8.59. The molecule has 0 aliphatic rings. The Morgan fingerprint density at radius 2 is 2.12 bits per heavy atom. The van der Waals surface area contributed by atoms with Gasteiger partial charge >= 0.3 is 0 Å². The molecule has 1 aromatic carbocycles. The monoisotopic (exact) mass is 314 g/mol. The van der Waals surface area contributed by atoms with Crippen molar-refractivity contribution in [2.75, 3.05) is 17.6 Å². The van der Waals surface area contributed by atoms with Crippen LogP contribution in [0, 0.1) is 5.82 Å². The van der Waals surface area contributed by atoms with Gasteiger partial charge in [-0.2, -0.15) is 0 Å². The molecule has 2 nitrogen and oxygen atoms in total. The number of nitrogens with one attached hydrogen (secondary N) is 1. The Labute approximate surface area is 112 Å². The summed E-state index contributed by atoms with van der Waals surface area (Å²) in [6.45, 7) is 0.760. The molecule has 0 spiro atoms. The van der Waals surface area contributed by atoms with Gasteiger partial charge in [-0.1, -0.05) is 0 Å². The van der Waals surface area contributed by atoms with Gasteiger partial charge in [0, 0.05) is 22.8 Å². The second kappa shape index (κ2) is 5.51. The maximum atomic E-state index is 13.1. The fourth-order valence-corrected chi connectivity index (χ4v) is 3.01. The third kappa shape index (κ3) is 3.71.